The van der Waals surface area contributed by atoms with Crippen molar-refractivity contribution >= 4 is 41.4 Å². The Kier molecular flexibility index (Phi) is 7.94. The van der Waals surface area contributed by atoms with Crippen molar-refractivity contribution in [2.45, 2.75) is 36.9 Å². The van der Waals surface area contributed by atoms with E-state index >= 15 is 0 Å². The van der Waals surface area contributed by atoms with Crippen LogP contribution in [0.15, 0.2) is 78.2 Å². The maximum absolute atomic E-state index is 13.2. The Bertz CT molecular complexity index is 1380. The van der Waals surface area contributed by atoms with Crippen molar-refractivity contribution in [3.63, 3.8) is 0 Å². The normalized spacial score (nSPS) is 23.1. The fourth-order valence-corrected chi connectivity index (χ4v) is 5.15. The summed E-state index contributed by atoms with van der Waals surface area (Å²) in [7, 11) is 0. The molecule has 2 saturated heterocycles. The van der Waals surface area contributed by atoms with Gasteiger partial charge < -0.3 is 18.9 Å². The van der Waals surface area contributed by atoms with Crippen LogP contribution < -0.4 is 0 Å². The Hall–Kier alpha value is -4.15. The number of carbonyl (C=O) groups is 3. The summed E-state index contributed by atoms with van der Waals surface area (Å²) >= 11 is 1.32. The van der Waals surface area contributed by atoms with Crippen molar-refractivity contribution in [3.05, 3.63) is 106 Å². The maximum atomic E-state index is 13.2. The van der Waals surface area contributed by atoms with Crippen molar-refractivity contribution in [3.8, 4) is 0 Å². The van der Waals surface area contributed by atoms with E-state index in [1.165, 1.54) is 84.2 Å². The van der Waals surface area contributed by atoms with E-state index < -0.39 is 60.1 Å². The number of fused-ring (bicyclic) bond motifs is 1. The van der Waals surface area contributed by atoms with Crippen LogP contribution in [0.5, 0.6) is 0 Å². The van der Waals surface area contributed by atoms with Crippen LogP contribution in [0, 0.1) is 11.6 Å². The Morgan fingerprint density at radius 1 is 0.923 bits per heavy atom. The highest BCUT2D eigenvalue weighted by Crippen LogP contribution is 2.41. The fraction of sp³-hybridized carbons (Fsp3) is 0.207. The summed E-state index contributed by atoms with van der Waals surface area (Å²) in [5.74, 6) is -2.73. The van der Waals surface area contributed by atoms with Gasteiger partial charge in [0.1, 0.15) is 23.8 Å². The molecular formula is C29H22F2O7S. The minimum atomic E-state index is -1.06. The zero-order valence-electron chi connectivity index (χ0n) is 20.3. The lowest BCUT2D eigenvalue weighted by Crippen LogP contribution is -2.40. The van der Waals surface area contributed by atoms with E-state index in [1.54, 1.807) is 17.5 Å². The summed E-state index contributed by atoms with van der Waals surface area (Å²) in [6, 6.07) is 14.6. The second-order valence-electron chi connectivity index (χ2n) is 8.84. The van der Waals surface area contributed by atoms with Crippen LogP contribution in [0.1, 0.15) is 28.5 Å². The van der Waals surface area contributed by atoms with Gasteiger partial charge in [-0.25, -0.2) is 18.4 Å². The Balaban J connectivity index is 1.35. The molecule has 2 aliphatic heterocycles. The van der Waals surface area contributed by atoms with Gasteiger partial charge in [-0.3, -0.25) is 4.79 Å². The molecule has 2 aromatic carbocycles. The number of hydrogen-bond acceptors (Lipinski definition) is 8. The van der Waals surface area contributed by atoms with Crippen molar-refractivity contribution in [1.29, 1.82) is 0 Å². The third-order valence-corrected chi connectivity index (χ3v) is 7.10. The van der Waals surface area contributed by atoms with Crippen LogP contribution in [-0.2, 0) is 33.3 Å². The lowest BCUT2D eigenvalue weighted by molar-refractivity contribution is -0.169. The van der Waals surface area contributed by atoms with Crippen molar-refractivity contribution in [2.24, 2.45) is 0 Å². The van der Waals surface area contributed by atoms with Crippen molar-refractivity contribution in [2.75, 3.05) is 0 Å². The van der Waals surface area contributed by atoms with E-state index in [0.717, 1.165) is 0 Å². The standard InChI is InChI=1S/C29H22F2O7S/c30-19-9-3-17(4-10-19)7-13-23(32)36-27(22-2-1-15-39-22)29-28(26-21(35-29)16-25(34)38-26)37-24(33)14-8-18-5-11-20(31)12-6-18/h1-15,21,26-29H,16H2/b13-7+,14-8+/t21-,26+,27-,28-,29-/m1/s1. The molecule has 0 amide bonds. The molecule has 0 N–H and O–H groups in total. The number of esters is 3. The predicted molar refractivity (Wildman–Crippen MR) is 137 cm³/mol. The number of benzene rings is 2. The van der Waals surface area contributed by atoms with Gasteiger partial charge in [0.25, 0.3) is 0 Å². The summed E-state index contributed by atoms with van der Waals surface area (Å²) in [4.78, 5) is 38.1. The Morgan fingerprint density at radius 3 is 2.13 bits per heavy atom. The number of rotatable bonds is 8. The largest absolute Gasteiger partial charge is 0.455 e. The average Bonchev–Trinajstić information content (AvgIpc) is 3.65. The Labute approximate surface area is 226 Å². The molecule has 3 heterocycles. The fourth-order valence-electron chi connectivity index (χ4n) is 4.36. The van der Waals surface area contributed by atoms with E-state index in [2.05, 4.69) is 0 Å². The van der Waals surface area contributed by atoms with E-state index in [-0.39, 0.29) is 6.42 Å². The van der Waals surface area contributed by atoms with Gasteiger partial charge in [0.2, 0.25) is 0 Å². The predicted octanol–water partition coefficient (Wildman–Crippen LogP) is 5.03. The minimum absolute atomic E-state index is 0.0315. The summed E-state index contributed by atoms with van der Waals surface area (Å²) in [5.41, 5.74) is 1.18. The molecule has 0 radical (unpaired) electrons. The van der Waals surface area contributed by atoms with E-state index in [4.69, 9.17) is 18.9 Å². The third kappa shape index (κ3) is 6.47. The van der Waals surface area contributed by atoms with E-state index in [0.29, 0.717) is 16.0 Å². The summed E-state index contributed by atoms with van der Waals surface area (Å²) < 4.78 is 49.3. The molecule has 3 aromatic rings. The highest BCUT2D eigenvalue weighted by atomic mass is 32.1. The van der Waals surface area contributed by atoms with Crippen LogP contribution in [0.3, 0.4) is 0 Å². The van der Waals surface area contributed by atoms with Crippen LogP contribution in [0.4, 0.5) is 8.78 Å². The SMILES string of the molecule is O=C(/C=C/c1ccc(F)cc1)O[C@@H]1[C@H]2OC(=O)C[C@H]2O[C@@H]1[C@H](OC(=O)/C=C/c1ccc(F)cc1)c1cccs1. The summed E-state index contributed by atoms with van der Waals surface area (Å²) in [6.07, 6.45) is 0.736. The molecule has 5 atom stereocenters. The molecule has 7 nitrogen and oxygen atoms in total. The van der Waals surface area contributed by atoms with Crippen LogP contribution in [0.25, 0.3) is 12.2 Å². The maximum Gasteiger partial charge on any atom is 0.331 e. The van der Waals surface area contributed by atoms with Crippen molar-refractivity contribution in [1.82, 2.24) is 0 Å². The number of ether oxygens (including phenoxy) is 4. The molecule has 2 fully saturated rings. The first-order valence-corrected chi connectivity index (χ1v) is 12.9. The highest BCUT2D eigenvalue weighted by molar-refractivity contribution is 7.10. The van der Waals surface area contributed by atoms with Gasteiger partial charge in [0, 0.05) is 17.0 Å². The molecule has 39 heavy (non-hydrogen) atoms. The molecule has 1 aromatic heterocycles. The molecule has 0 unspecified atom stereocenters. The molecule has 0 spiro atoms. The second-order valence-corrected chi connectivity index (χ2v) is 9.82. The van der Waals surface area contributed by atoms with E-state index in [9.17, 15) is 23.2 Å². The molecule has 10 heteroatoms. The molecule has 200 valence electrons. The lowest BCUT2D eigenvalue weighted by atomic mass is 10.0. The summed E-state index contributed by atoms with van der Waals surface area (Å²) in [5, 5.41) is 1.80. The molecular weight excluding hydrogens is 530 g/mol. The van der Waals surface area contributed by atoms with Crippen molar-refractivity contribution < 1.29 is 42.1 Å². The van der Waals surface area contributed by atoms with Gasteiger partial charge in [-0.15, -0.1) is 11.3 Å². The summed E-state index contributed by atoms with van der Waals surface area (Å²) in [6.45, 7) is 0. The molecule has 0 saturated carbocycles. The Morgan fingerprint density at radius 2 is 1.54 bits per heavy atom. The van der Waals surface area contributed by atoms with Crippen LogP contribution in [0.2, 0.25) is 0 Å². The zero-order chi connectivity index (χ0) is 27.4. The van der Waals surface area contributed by atoms with Gasteiger partial charge in [-0.1, -0.05) is 30.3 Å². The zero-order valence-corrected chi connectivity index (χ0v) is 21.1. The van der Waals surface area contributed by atoms with Crippen LogP contribution in [-0.4, -0.2) is 42.3 Å². The topological polar surface area (TPSA) is 88.1 Å². The first-order valence-electron chi connectivity index (χ1n) is 12.0. The average molecular weight is 553 g/mol. The lowest BCUT2D eigenvalue weighted by Gasteiger charge is -2.27. The van der Waals surface area contributed by atoms with E-state index in [1.807, 2.05) is 0 Å². The minimum Gasteiger partial charge on any atom is -0.455 e. The number of hydrogen-bond donors (Lipinski definition) is 0. The first-order chi connectivity index (χ1) is 18.9. The third-order valence-electron chi connectivity index (χ3n) is 6.16. The number of carbonyl (C=O) groups excluding carboxylic acids is 3. The van der Waals surface area contributed by atoms with Gasteiger partial charge >= 0.3 is 17.9 Å². The highest BCUT2D eigenvalue weighted by Gasteiger charge is 2.57. The number of halogens is 2. The van der Waals surface area contributed by atoms with Gasteiger partial charge in [0.05, 0.1) is 6.42 Å². The van der Waals surface area contributed by atoms with Gasteiger partial charge in [-0.05, 0) is 59.0 Å². The molecule has 0 aliphatic carbocycles. The van der Waals surface area contributed by atoms with Gasteiger partial charge in [-0.2, -0.15) is 0 Å². The second kappa shape index (κ2) is 11.7. The monoisotopic (exact) mass is 552 g/mol. The molecule has 5 rings (SSSR count). The van der Waals surface area contributed by atoms with Crippen LogP contribution >= 0.6 is 11.3 Å². The number of thiophene rings is 1. The molecule has 0 bridgehead atoms. The van der Waals surface area contributed by atoms with Gasteiger partial charge in [0.15, 0.2) is 18.3 Å². The quantitative estimate of drug-likeness (QED) is 0.220. The smallest absolute Gasteiger partial charge is 0.331 e. The molecule has 2 aliphatic rings. The first kappa shape index (κ1) is 26.5.